The zero-order valence-corrected chi connectivity index (χ0v) is 36.1. The van der Waals surface area contributed by atoms with Crippen LogP contribution in [0.5, 0.6) is 0 Å². The first-order chi connectivity index (χ1) is 31.6. The van der Waals surface area contributed by atoms with Gasteiger partial charge in [0.25, 0.3) is 0 Å². The minimum Gasteiger partial charge on any atom is -0.310 e. The van der Waals surface area contributed by atoms with E-state index in [1.807, 2.05) is 0 Å². The average Bonchev–Trinajstić information content (AvgIpc) is 3.68. The molecule has 1 aromatic heterocycles. The minimum atomic E-state index is 0.416. The summed E-state index contributed by atoms with van der Waals surface area (Å²) in [5.41, 5.74) is 16.4. The van der Waals surface area contributed by atoms with Crippen LogP contribution in [0.1, 0.15) is 44.1 Å². The first kappa shape index (κ1) is 37.4. The van der Waals surface area contributed by atoms with Gasteiger partial charge >= 0.3 is 0 Å². The standard InChI is InChI=1S/C62H50N2/c1-3-11-47(12-4-1)55-18-9-13-49-14-10-19-56(61(49)55)48-25-31-53(32-26-48)63(54-33-34-60-58(38-54)57-17-7-8-20-59(57)64(60)51-15-5-2-6-16-51)52-29-23-46(24-30-52)45-21-27-50(28-22-45)62-39-42-35-43(40-62)37-44(36-42)41-62/h1-34,38,42-44H,35-37,39-41H2. The molecule has 0 aliphatic heterocycles. The molecule has 0 unspecified atom stereocenters. The molecule has 1 heterocycles. The van der Waals surface area contributed by atoms with E-state index in [0.717, 1.165) is 34.8 Å². The summed E-state index contributed by atoms with van der Waals surface area (Å²) in [6.45, 7) is 0. The number of hydrogen-bond acceptors (Lipinski definition) is 1. The zero-order valence-electron chi connectivity index (χ0n) is 36.1. The Balaban J connectivity index is 0.903. The lowest BCUT2D eigenvalue weighted by molar-refractivity contribution is -0.00518. The van der Waals surface area contributed by atoms with Gasteiger partial charge in [-0.25, -0.2) is 0 Å². The third-order valence-electron chi connectivity index (χ3n) is 15.3. The van der Waals surface area contributed by atoms with E-state index in [2.05, 4.69) is 222 Å². The molecule has 2 nitrogen and oxygen atoms in total. The van der Waals surface area contributed by atoms with Crippen LogP contribution in [-0.4, -0.2) is 4.57 Å². The van der Waals surface area contributed by atoms with Gasteiger partial charge in [0.2, 0.25) is 0 Å². The lowest BCUT2D eigenvalue weighted by Gasteiger charge is -2.57. The number of aromatic nitrogens is 1. The molecule has 4 saturated carbocycles. The van der Waals surface area contributed by atoms with Gasteiger partial charge in [-0.05, 0) is 172 Å². The number of hydrogen-bond donors (Lipinski definition) is 0. The summed E-state index contributed by atoms with van der Waals surface area (Å²) in [6.07, 6.45) is 8.65. The molecule has 2 heteroatoms. The van der Waals surface area contributed by atoms with Crippen LogP contribution in [0.25, 0.3) is 71.6 Å². The lowest BCUT2D eigenvalue weighted by Crippen LogP contribution is -2.48. The maximum atomic E-state index is 2.48. The Labute approximate surface area is 376 Å². The van der Waals surface area contributed by atoms with Crippen molar-refractivity contribution in [1.82, 2.24) is 4.57 Å². The molecule has 9 aromatic carbocycles. The summed E-state index contributed by atoms with van der Waals surface area (Å²) >= 11 is 0. The average molecular weight is 823 g/mol. The van der Waals surface area contributed by atoms with Crippen molar-refractivity contribution >= 4 is 49.6 Å². The molecular formula is C62H50N2. The topological polar surface area (TPSA) is 8.17 Å². The first-order valence-electron chi connectivity index (χ1n) is 23.4. The van der Waals surface area contributed by atoms with Gasteiger partial charge < -0.3 is 9.47 Å². The summed E-state index contributed by atoms with van der Waals surface area (Å²) in [6, 6.07) is 78.8. The van der Waals surface area contributed by atoms with Crippen LogP contribution in [0, 0.1) is 17.8 Å². The van der Waals surface area contributed by atoms with Crippen molar-refractivity contribution < 1.29 is 0 Å². The number of rotatable bonds is 8. The summed E-state index contributed by atoms with van der Waals surface area (Å²) in [7, 11) is 0. The number of fused-ring (bicyclic) bond motifs is 4. The second-order valence-corrected chi connectivity index (χ2v) is 19.2. The normalized spacial score (nSPS) is 20.0. The van der Waals surface area contributed by atoms with E-state index in [1.54, 1.807) is 5.56 Å². The summed E-state index contributed by atoms with van der Waals surface area (Å²) < 4.78 is 2.39. The van der Waals surface area contributed by atoms with Gasteiger partial charge in [0.15, 0.2) is 0 Å². The van der Waals surface area contributed by atoms with Gasteiger partial charge in [0.1, 0.15) is 0 Å². The highest BCUT2D eigenvalue weighted by atomic mass is 15.1. The highest BCUT2D eigenvalue weighted by Gasteiger charge is 2.51. The molecule has 0 spiro atoms. The van der Waals surface area contributed by atoms with Gasteiger partial charge in [-0.1, -0.05) is 152 Å². The predicted octanol–water partition coefficient (Wildman–Crippen LogP) is 16.9. The molecule has 0 radical (unpaired) electrons. The van der Waals surface area contributed by atoms with Crippen molar-refractivity contribution in [3.05, 3.63) is 218 Å². The smallest absolute Gasteiger partial charge is 0.0542 e. The van der Waals surface area contributed by atoms with Crippen molar-refractivity contribution in [2.24, 2.45) is 17.8 Å². The molecule has 0 atom stereocenters. The molecule has 4 aliphatic rings. The van der Waals surface area contributed by atoms with Crippen molar-refractivity contribution in [1.29, 1.82) is 0 Å². The number of benzene rings is 9. The Morgan fingerprint density at radius 3 is 1.52 bits per heavy atom. The van der Waals surface area contributed by atoms with Gasteiger partial charge in [-0.3, -0.25) is 0 Å². The predicted molar refractivity (Wildman–Crippen MR) is 269 cm³/mol. The second-order valence-electron chi connectivity index (χ2n) is 19.2. The van der Waals surface area contributed by atoms with Crippen molar-refractivity contribution in [3.63, 3.8) is 0 Å². The minimum absolute atomic E-state index is 0.416. The van der Waals surface area contributed by atoms with Crippen LogP contribution in [0.2, 0.25) is 0 Å². The molecule has 14 rings (SSSR count). The fraction of sp³-hybridized carbons (Fsp3) is 0.161. The van der Waals surface area contributed by atoms with E-state index in [1.165, 1.54) is 110 Å². The molecular weight excluding hydrogens is 773 g/mol. The van der Waals surface area contributed by atoms with E-state index in [9.17, 15) is 0 Å². The van der Waals surface area contributed by atoms with Gasteiger partial charge in [0, 0.05) is 33.5 Å². The Morgan fingerprint density at radius 2 is 0.891 bits per heavy atom. The van der Waals surface area contributed by atoms with Crippen LogP contribution < -0.4 is 4.90 Å². The van der Waals surface area contributed by atoms with Crippen LogP contribution >= 0.6 is 0 Å². The Hall–Kier alpha value is -7.16. The molecule has 308 valence electrons. The highest BCUT2D eigenvalue weighted by molar-refractivity contribution is 6.11. The van der Waals surface area contributed by atoms with E-state index < -0.39 is 0 Å². The van der Waals surface area contributed by atoms with E-state index in [4.69, 9.17) is 0 Å². The monoisotopic (exact) mass is 822 g/mol. The van der Waals surface area contributed by atoms with Gasteiger partial charge in [0.05, 0.1) is 11.0 Å². The van der Waals surface area contributed by atoms with E-state index in [0.29, 0.717) is 5.41 Å². The summed E-state index contributed by atoms with van der Waals surface area (Å²) in [4.78, 5) is 2.43. The molecule has 0 saturated heterocycles. The van der Waals surface area contributed by atoms with Crippen LogP contribution in [-0.2, 0) is 5.41 Å². The first-order valence-corrected chi connectivity index (χ1v) is 23.4. The Bertz CT molecular complexity index is 3280. The molecule has 4 fully saturated rings. The number of para-hydroxylation sites is 2. The van der Waals surface area contributed by atoms with E-state index >= 15 is 0 Å². The molecule has 4 bridgehead atoms. The summed E-state index contributed by atoms with van der Waals surface area (Å²) in [5.74, 6) is 2.85. The van der Waals surface area contributed by atoms with Crippen molar-refractivity contribution in [3.8, 4) is 39.1 Å². The molecule has 0 N–H and O–H groups in total. The number of anilines is 3. The van der Waals surface area contributed by atoms with E-state index in [-0.39, 0.29) is 0 Å². The van der Waals surface area contributed by atoms with Crippen molar-refractivity contribution in [2.75, 3.05) is 4.90 Å². The third-order valence-corrected chi connectivity index (χ3v) is 15.3. The Kier molecular flexibility index (Phi) is 8.76. The second kappa shape index (κ2) is 15.0. The fourth-order valence-electron chi connectivity index (χ4n) is 12.9. The van der Waals surface area contributed by atoms with Crippen LogP contribution in [0.4, 0.5) is 17.1 Å². The fourth-order valence-corrected chi connectivity index (χ4v) is 12.9. The molecule has 10 aromatic rings. The highest BCUT2D eigenvalue weighted by Crippen LogP contribution is 2.61. The zero-order chi connectivity index (χ0) is 42.2. The molecule has 0 amide bonds. The quantitative estimate of drug-likeness (QED) is 0.148. The largest absolute Gasteiger partial charge is 0.310 e. The SMILES string of the molecule is c1ccc(-c2cccc3cccc(-c4ccc(N(c5ccc(-c6ccc(C78CC9CC(CC(C9)C7)C8)cc6)cc5)c5ccc6c(c5)c5ccccc5n6-c5ccccc5)cc4)c23)cc1. The Morgan fingerprint density at radius 1 is 0.391 bits per heavy atom. The van der Waals surface area contributed by atoms with Crippen LogP contribution in [0.15, 0.2) is 212 Å². The van der Waals surface area contributed by atoms with Crippen molar-refractivity contribution in [2.45, 2.75) is 43.9 Å². The molecule has 4 aliphatic carbocycles. The number of nitrogens with zero attached hydrogens (tertiary/aromatic N) is 2. The maximum absolute atomic E-state index is 2.48. The van der Waals surface area contributed by atoms with Gasteiger partial charge in [-0.2, -0.15) is 0 Å². The summed E-state index contributed by atoms with van der Waals surface area (Å²) in [5, 5.41) is 5.01. The lowest BCUT2D eigenvalue weighted by atomic mass is 9.48. The van der Waals surface area contributed by atoms with Gasteiger partial charge in [-0.15, -0.1) is 0 Å². The molecule has 64 heavy (non-hydrogen) atoms. The maximum Gasteiger partial charge on any atom is 0.0542 e. The third kappa shape index (κ3) is 6.22. The van der Waals surface area contributed by atoms with Crippen LogP contribution in [0.3, 0.4) is 0 Å².